The Morgan fingerprint density at radius 1 is 1.25 bits per heavy atom. The average molecular weight is 337 g/mol. The number of aromatic nitrogens is 4. The van der Waals surface area contributed by atoms with Crippen LogP contribution in [0.4, 0.5) is 13.2 Å². The number of nitrogens with one attached hydrogen (secondary N) is 1. The number of benzene rings is 1. The molecule has 8 heteroatoms. The quantitative estimate of drug-likeness (QED) is 0.795. The molecule has 3 rings (SSSR count). The summed E-state index contributed by atoms with van der Waals surface area (Å²) < 4.78 is 42.0. The molecule has 5 nitrogen and oxygen atoms in total. The summed E-state index contributed by atoms with van der Waals surface area (Å²) >= 11 is 0. The molecular weight excluding hydrogens is 319 g/mol. The van der Waals surface area contributed by atoms with E-state index in [4.69, 9.17) is 0 Å². The molecule has 1 N–H and O–H groups in total. The summed E-state index contributed by atoms with van der Waals surface area (Å²) in [6.45, 7) is 2.54. The molecule has 3 aromatic rings. The molecule has 1 aromatic carbocycles. The van der Waals surface area contributed by atoms with E-state index >= 15 is 0 Å². The highest BCUT2D eigenvalue weighted by Gasteiger charge is 2.31. The van der Waals surface area contributed by atoms with Crippen molar-refractivity contribution >= 4 is 11.0 Å². The van der Waals surface area contributed by atoms with Crippen LogP contribution in [0.25, 0.3) is 11.0 Å². The average Bonchev–Trinajstić information content (AvgIpc) is 3.07. The van der Waals surface area contributed by atoms with E-state index in [-0.39, 0.29) is 6.04 Å². The molecule has 24 heavy (non-hydrogen) atoms. The van der Waals surface area contributed by atoms with Gasteiger partial charge < -0.3 is 9.88 Å². The van der Waals surface area contributed by atoms with E-state index in [0.29, 0.717) is 23.4 Å². The Bertz CT molecular complexity index is 862. The minimum Gasteiger partial charge on any atom is -0.330 e. The summed E-state index contributed by atoms with van der Waals surface area (Å²) in [7, 11) is 3.65. The molecule has 0 saturated carbocycles. The molecule has 0 aliphatic heterocycles. The molecule has 1 atom stereocenters. The lowest BCUT2D eigenvalue weighted by Gasteiger charge is -2.13. The Hall–Kier alpha value is -2.35. The van der Waals surface area contributed by atoms with Gasteiger partial charge >= 0.3 is 6.18 Å². The van der Waals surface area contributed by atoms with E-state index in [1.165, 1.54) is 6.07 Å². The van der Waals surface area contributed by atoms with E-state index in [0.717, 1.165) is 17.7 Å². The second-order valence-electron chi connectivity index (χ2n) is 5.86. The predicted molar refractivity (Wildman–Crippen MR) is 84.2 cm³/mol. The first-order valence-corrected chi connectivity index (χ1v) is 7.50. The van der Waals surface area contributed by atoms with Gasteiger partial charge in [0.05, 0.1) is 28.8 Å². The smallest absolute Gasteiger partial charge is 0.330 e. The molecule has 2 heterocycles. The monoisotopic (exact) mass is 337 g/mol. The van der Waals surface area contributed by atoms with Crippen molar-refractivity contribution < 1.29 is 13.2 Å². The number of nitrogens with zero attached hydrogens (tertiary/aromatic N) is 4. The minimum absolute atomic E-state index is 0.114. The maximum atomic E-state index is 12.8. The van der Waals surface area contributed by atoms with Gasteiger partial charge in [-0.05, 0) is 25.1 Å². The van der Waals surface area contributed by atoms with Gasteiger partial charge in [-0.2, -0.15) is 18.3 Å². The lowest BCUT2D eigenvalue weighted by atomic mass is 10.2. The third kappa shape index (κ3) is 3.14. The van der Waals surface area contributed by atoms with Crippen LogP contribution in [0.3, 0.4) is 0 Å². The molecule has 0 saturated heterocycles. The van der Waals surface area contributed by atoms with Gasteiger partial charge in [-0.25, -0.2) is 4.98 Å². The highest BCUT2D eigenvalue weighted by molar-refractivity contribution is 5.77. The molecule has 2 aromatic heterocycles. The number of rotatable bonds is 4. The zero-order chi connectivity index (χ0) is 17.5. The largest absolute Gasteiger partial charge is 0.416 e. The van der Waals surface area contributed by atoms with Gasteiger partial charge in [0.25, 0.3) is 0 Å². The van der Waals surface area contributed by atoms with Gasteiger partial charge in [0.2, 0.25) is 0 Å². The van der Waals surface area contributed by atoms with Gasteiger partial charge in [0.1, 0.15) is 5.82 Å². The molecular formula is C16H18F3N5. The molecule has 0 amide bonds. The van der Waals surface area contributed by atoms with Gasteiger partial charge in [0, 0.05) is 32.4 Å². The zero-order valence-corrected chi connectivity index (χ0v) is 13.6. The van der Waals surface area contributed by atoms with Gasteiger partial charge in [-0.3, -0.25) is 4.68 Å². The van der Waals surface area contributed by atoms with Crippen molar-refractivity contribution in [1.82, 2.24) is 24.6 Å². The minimum atomic E-state index is -4.37. The summed E-state index contributed by atoms with van der Waals surface area (Å²) in [5, 5.41) is 7.42. The van der Waals surface area contributed by atoms with Gasteiger partial charge in [-0.15, -0.1) is 0 Å². The highest BCUT2D eigenvalue weighted by atomic mass is 19.4. The molecule has 128 valence electrons. The molecule has 0 aliphatic rings. The van der Waals surface area contributed by atoms with E-state index in [9.17, 15) is 13.2 Å². The Kier molecular flexibility index (Phi) is 4.08. The Labute approximate surface area is 137 Å². The predicted octanol–water partition coefficient (Wildman–Crippen LogP) is 3.18. The third-order valence-electron chi connectivity index (χ3n) is 4.00. The first-order valence-electron chi connectivity index (χ1n) is 7.50. The fraction of sp³-hybridized carbons (Fsp3) is 0.375. The van der Waals surface area contributed by atoms with E-state index < -0.39 is 11.7 Å². The molecule has 0 aliphatic carbocycles. The maximum absolute atomic E-state index is 12.8. The molecule has 0 bridgehead atoms. The Balaban J connectivity index is 1.84. The van der Waals surface area contributed by atoms with E-state index in [2.05, 4.69) is 15.4 Å². The first-order chi connectivity index (χ1) is 11.3. The van der Waals surface area contributed by atoms with Crippen LogP contribution >= 0.6 is 0 Å². The Morgan fingerprint density at radius 3 is 2.62 bits per heavy atom. The number of hydrogen-bond donors (Lipinski definition) is 1. The second kappa shape index (κ2) is 5.94. The highest BCUT2D eigenvalue weighted by Crippen LogP contribution is 2.31. The van der Waals surface area contributed by atoms with E-state index in [1.54, 1.807) is 17.9 Å². The van der Waals surface area contributed by atoms with Crippen LogP contribution in [-0.2, 0) is 26.8 Å². The molecule has 0 fully saturated rings. The van der Waals surface area contributed by atoms with Gasteiger partial charge in [-0.1, -0.05) is 0 Å². The number of hydrogen-bond acceptors (Lipinski definition) is 3. The normalized spacial score (nSPS) is 13.6. The van der Waals surface area contributed by atoms with Crippen LogP contribution in [-0.4, -0.2) is 19.3 Å². The fourth-order valence-corrected chi connectivity index (χ4v) is 2.71. The van der Waals surface area contributed by atoms with Crippen molar-refractivity contribution in [2.45, 2.75) is 25.7 Å². The van der Waals surface area contributed by atoms with Crippen LogP contribution in [0, 0.1) is 0 Å². The van der Waals surface area contributed by atoms with Crippen LogP contribution in [0.2, 0.25) is 0 Å². The number of aryl methyl sites for hydroxylation is 2. The van der Waals surface area contributed by atoms with Gasteiger partial charge in [0.15, 0.2) is 0 Å². The fourth-order valence-electron chi connectivity index (χ4n) is 2.71. The van der Waals surface area contributed by atoms with Crippen molar-refractivity contribution in [3.05, 3.63) is 47.5 Å². The van der Waals surface area contributed by atoms with Crippen LogP contribution in [0.15, 0.2) is 30.6 Å². The summed E-state index contributed by atoms with van der Waals surface area (Å²) in [5.74, 6) is 0.688. The lowest BCUT2D eigenvalue weighted by molar-refractivity contribution is -0.137. The zero-order valence-electron chi connectivity index (χ0n) is 13.6. The number of halogens is 3. The van der Waals surface area contributed by atoms with Crippen molar-refractivity contribution in [2.24, 2.45) is 14.1 Å². The van der Waals surface area contributed by atoms with Crippen molar-refractivity contribution in [3.8, 4) is 0 Å². The topological polar surface area (TPSA) is 47.7 Å². The SMILES string of the molecule is C[C@@H](NCc1cnn(C)c1)c1nc2cc(C(F)(F)F)ccc2n1C. The number of alkyl halides is 3. The molecule has 0 spiro atoms. The maximum Gasteiger partial charge on any atom is 0.416 e. The van der Waals surface area contributed by atoms with Crippen molar-refractivity contribution in [2.75, 3.05) is 0 Å². The standard InChI is InChI=1S/C16H18F3N5/c1-10(20-7-11-8-21-23(2)9-11)15-22-13-6-12(16(17,18)19)4-5-14(13)24(15)3/h4-6,8-10,20H,7H2,1-3H3/t10-/m1/s1. The van der Waals surface area contributed by atoms with Crippen LogP contribution in [0.1, 0.15) is 29.9 Å². The van der Waals surface area contributed by atoms with Crippen molar-refractivity contribution in [1.29, 1.82) is 0 Å². The number of fused-ring (bicyclic) bond motifs is 1. The van der Waals surface area contributed by atoms with Crippen molar-refractivity contribution in [3.63, 3.8) is 0 Å². The number of imidazole rings is 1. The summed E-state index contributed by atoms with van der Waals surface area (Å²) in [4.78, 5) is 4.38. The molecule has 0 unspecified atom stereocenters. The lowest BCUT2D eigenvalue weighted by Crippen LogP contribution is -2.20. The van der Waals surface area contributed by atoms with Crippen LogP contribution < -0.4 is 5.32 Å². The van der Waals surface area contributed by atoms with Crippen LogP contribution in [0.5, 0.6) is 0 Å². The summed E-state index contributed by atoms with van der Waals surface area (Å²) in [6.07, 6.45) is -0.690. The second-order valence-corrected chi connectivity index (χ2v) is 5.86. The molecule has 0 radical (unpaired) electrons. The first kappa shape index (κ1) is 16.5. The summed E-state index contributed by atoms with van der Waals surface area (Å²) in [5.41, 5.74) is 1.36. The summed E-state index contributed by atoms with van der Waals surface area (Å²) in [6, 6.07) is 3.52. The third-order valence-corrected chi connectivity index (χ3v) is 4.00. The Morgan fingerprint density at radius 2 is 2.00 bits per heavy atom. The van der Waals surface area contributed by atoms with E-state index in [1.807, 2.05) is 24.7 Å².